The van der Waals surface area contributed by atoms with Gasteiger partial charge in [-0.05, 0) is 11.1 Å². The highest BCUT2D eigenvalue weighted by Crippen LogP contribution is 2.10. The third kappa shape index (κ3) is 2.44. The van der Waals surface area contributed by atoms with E-state index < -0.39 is 0 Å². The van der Waals surface area contributed by atoms with Gasteiger partial charge in [0.15, 0.2) is 0 Å². The zero-order chi connectivity index (χ0) is 9.68. The zero-order valence-corrected chi connectivity index (χ0v) is 7.71. The summed E-state index contributed by atoms with van der Waals surface area (Å²) in [5, 5.41) is 2.59. The van der Waals surface area contributed by atoms with Gasteiger partial charge in [-0.1, -0.05) is 36.9 Å². The van der Waals surface area contributed by atoms with Crippen molar-refractivity contribution in [3.8, 4) is 0 Å². The summed E-state index contributed by atoms with van der Waals surface area (Å²) in [5.74, 6) is 0.0225. The number of likely N-dealkylation sites (N-methyl/N-ethyl adjacent to an activating group) is 1. The summed E-state index contributed by atoms with van der Waals surface area (Å²) in [6.45, 7) is 3.69. The first-order valence-electron chi connectivity index (χ1n) is 4.19. The molecule has 2 nitrogen and oxygen atoms in total. The summed E-state index contributed by atoms with van der Waals surface area (Å²) in [7, 11) is 1.64. The number of carbonyl (C=O) groups is 1. The Kier molecular flexibility index (Phi) is 3.26. The molecule has 13 heavy (non-hydrogen) atoms. The van der Waals surface area contributed by atoms with Crippen molar-refractivity contribution < 1.29 is 4.79 Å². The fourth-order valence-electron chi connectivity index (χ4n) is 1.16. The normalized spacial score (nSPS) is 9.31. The summed E-state index contributed by atoms with van der Waals surface area (Å²) in [6, 6.07) is 7.74. The van der Waals surface area contributed by atoms with Gasteiger partial charge in [-0.2, -0.15) is 0 Å². The molecule has 0 aromatic heterocycles. The molecule has 0 bridgehead atoms. The number of benzene rings is 1. The highest BCUT2D eigenvalue weighted by atomic mass is 16.1. The molecule has 0 spiro atoms. The second kappa shape index (κ2) is 4.45. The SMILES string of the molecule is C=Cc1ccccc1CC(=O)NC. The molecule has 0 aliphatic carbocycles. The van der Waals surface area contributed by atoms with Crippen molar-refractivity contribution in [1.82, 2.24) is 5.32 Å². The third-order valence-electron chi connectivity index (χ3n) is 1.90. The number of amides is 1. The summed E-state index contributed by atoms with van der Waals surface area (Å²) in [6.07, 6.45) is 2.18. The van der Waals surface area contributed by atoms with Crippen LogP contribution in [0.1, 0.15) is 11.1 Å². The van der Waals surface area contributed by atoms with Crippen LogP contribution in [-0.4, -0.2) is 13.0 Å². The van der Waals surface area contributed by atoms with Crippen LogP contribution in [0.15, 0.2) is 30.8 Å². The fraction of sp³-hybridized carbons (Fsp3) is 0.182. The first-order chi connectivity index (χ1) is 6.27. The van der Waals surface area contributed by atoms with Crippen LogP contribution in [0.3, 0.4) is 0 Å². The lowest BCUT2D eigenvalue weighted by atomic mass is 10.0. The van der Waals surface area contributed by atoms with Gasteiger partial charge in [0.2, 0.25) is 5.91 Å². The van der Waals surface area contributed by atoms with E-state index in [9.17, 15) is 4.79 Å². The van der Waals surface area contributed by atoms with Gasteiger partial charge < -0.3 is 5.32 Å². The minimum absolute atomic E-state index is 0.0225. The topological polar surface area (TPSA) is 29.1 Å². The number of hydrogen-bond acceptors (Lipinski definition) is 1. The van der Waals surface area contributed by atoms with Crippen LogP contribution >= 0.6 is 0 Å². The molecule has 1 aromatic rings. The Morgan fingerprint density at radius 2 is 2.23 bits per heavy atom. The summed E-state index contributed by atoms with van der Waals surface area (Å²) >= 11 is 0. The van der Waals surface area contributed by atoms with Crippen LogP contribution in [0.2, 0.25) is 0 Å². The molecule has 1 amide bonds. The number of carbonyl (C=O) groups excluding carboxylic acids is 1. The number of hydrogen-bond donors (Lipinski definition) is 1. The minimum Gasteiger partial charge on any atom is -0.359 e. The highest BCUT2D eigenvalue weighted by molar-refractivity contribution is 5.79. The van der Waals surface area contributed by atoms with Gasteiger partial charge in [-0.15, -0.1) is 0 Å². The molecule has 0 fully saturated rings. The Bertz CT molecular complexity index is 318. The molecular weight excluding hydrogens is 162 g/mol. The predicted octanol–water partition coefficient (Wildman–Crippen LogP) is 1.62. The Morgan fingerprint density at radius 1 is 1.54 bits per heavy atom. The molecule has 68 valence electrons. The van der Waals surface area contributed by atoms with Crippen LogP contribution in [0.25, 0.3) is 6.08 Å². The Hall–Kier alpha value is -1.57. The summed E-state index contributed by atoms with van der Waals surface area (Å²) in [4.78, 5) is 11.1. The molecule has 0 saturated heterocycles. The van der Waals surface area contributed by atoms with E-state index in [-0.39, 0.29) is 5.91 Å². The van der Waals surface area contributed by atoms with Crippen molar-refractivity contribution in [1.29, 1.82) is 0 Å². The molecule has 1 rings (SSSR count). The standard InChI is InChI=1S/C11H13NO/c1-3-9-6-4-5-7-10(9)8-11(13)12-2/h3-7H,1,8H2,2H3,(H,12,13). The molecule has 0 saturated carbocycles. The van der Waals surface area contributed by atoms with Gasteiger partial charge in [0.1, 0.15) is 0 Å². The van der Waals surface area contributed by atoms with Crippen molar-refractivity contribution in [2.75, 3.05) is 7.05 Å². The Morgan fingerprint density at radius 3 is 2.85 bits per heavy atom. The maximum Gasteiger partial charge on any atom is 0.224 e. The van der Waals surface area contributed by atoms with Gasteiger partial charge in [-0.3, -0.25) is 4.79 Å². The third-order valence-corrected chi connectivity index (χ3v) is 1.90. The number of nitrogens with one attached hydrogen (secondary N) is 1. The van der Waals surface area contributed by atoms with Gasteiger partial charge in [0.25, 0.3) is 0 Å². The first kappa shape index (κ1) is 9.52. The lowest BCUT2D eigenvalue weighted by Crippen LogP contribution is -2.20. The molecule has 0 aliphatic heterocycles. The zero-order valence-electron chi connectivity index (χ0n) is 7.71. The molecule has 2 heteroatoms. The van der Waals surface area contributed by atoms with Gasteiger partial charge in [0.05, 0.1) is 6.42 Å². The largest absolute Gasteiger partial charge is 0.359 e. The quantitative estimate of drug-likeness (QED) is 0.743. The van der Waals surface area contributed by atoms with Crippen LogP contribution in [0, 0.1) is 0 Å². The summed E-state index contributed by atoms with van der Waals surface area (Å²) in [5.41, 5.74) is 2.03. The molecular formula is C11H13NO. The van der Waals surface area contributed by atoms with Gasteiger partial charge in [0, 0.05) is 7.05 Å². The van der Waals surface area contributed by atoms with Crippen molar-refractivity contribution >= 4 is 12.0 Å². The molecule has 1 aromatic carbocycles. The lowest BCUT2D eigenvalue weighted by molar-refractivity contribution is -0.119. The van der Waals surface area contributed by atoms with E-state index in [0.717, 1.165) is 11.1 Å². The van der Waals surface area contributed by atoms with E-state index in [4.69, 9.17) is 0 Å². The molecule has 0 aliphatic rings. The predicted molar refractivity (Wildman–Crippen MR) is 54.3 cm³/mol. The second-order valence-electron chi connectivity index (χ2n) is 2.75. The van der Waals surface area contributed by atoms with Crippen LogP contribution in [-0.2, 0) is 11.2 Å². The monoisotopic (exact) mass is 175 g/mol. The van der Waals surface area contributed by atoms with E-state index in [1.807, 2.05) is 24.3 Å². The average molecular weight is 175 g/mol. The highest BCUT2D eigenvalue weighted by Gasteiger charge is 2.02. The van der Waals surface area contributed by atoms with Crippen molar-refractivity contribution in [2.45, 2.75) is 6.42 Å². The van der Waals surface area contributed by atoms with Crippen LogP contribution < -0.4 is 5.32 Å². The van der Waals surface area contributed by atoms with E-state index in [1.165, 1.54) is 0 Å². The van der Waals surface area contributed by atoms with Crippen molar-refractivity contribution in [3.05, 3.63) is 42.0 Å². The molecule has 1 N–H and O–H groups in total. The molecule has 0 heterocycles. The van der Waals surface area contributed by atoms with E-state index in [1.54, 1.807) is 13.1 Å². The molecule has 0 radical (unpaired) electrons. The van der Waals surface area contributed by atoms with E-state index in [2.05, 4.69) is 11.9 Å². The smallest absolute Gasteiger partial charge is 0.224 e. The number of rotatable bonds is 3. The minimum atomic E-state index is 0.0225. The van der Waals surface area contributed by atoms with Crippen molar-refractivity contribution in [2.24, 2.45) is 0 Å². The first-order valence-corrected chi connectivity index (χ1v) is 4.19. The van der Waals surface area contributed by atoms with Crippen LogP contribution in [0.4, 0.5) is 0 Å². The maximum absolute atomic E-state index is 11.1. The lowest BCUT2D eigenvalue weighted by Gasteiger charge is -2.03. The van der Waals surface area contributed by atoms with Gasteiger partial charge >= 0.3 is 0 Å². The second-order valence-corrected chi connectivity index (χ2v) is 2.75. The summed E-state index contributed by atoms with van der Waals surface area (Å²) < 4.78 is 0. The molecule has 0 atom stereocenters. The average Bonchev–Trinajstić information content (AvgIpc) is 2.18. The maximum atomic E-state index is 11.1. The fourth-order valence-corrected chi connectivity index (χ4v) is 1.16. The van der Waals surface area contributed by atoms with Gasteiger partial charge in [-0.25, -0.2) is 0 Å². The Balaban J connectivity index is 2.87. The van der Waals surface area contributed by atoms with E-state index >= 15 is 0 Å². The van der Waals surface area contributed by atoms with Crippen LogP contribution in [0.5, 0.6) is 0 Å². The Labute approximate surface area is 78.3 Å². The van der Waals surface area contributed by atoms with Crippen molar-refractivity contribution in [3.63, 3.8) is 0 Å². The molecule has 0 unspecified atom stereocenters. The van der Waals surface area contributed by atoms with E-state index in [0.29, 0.717) is 6.42 Å².